The largest absolute Gasteiger partial charge is 0.497 e. The van der Waals surface area contributed by atoms with Crippen LogP contribution in [-0.2, 0) is 0 Å². The van der Waals surface area contributed by atoms with E-state index in [9.17, 15) is 5.11 Å². The van der Waals surface area contributed by atoms with E-state index < -0.39 is 6.10 Å². The van der Waals surface area contributed by atoms with Crippen LogP contribution in [0.25, 0.3) is 0 Å². The van der Waals surface area contributed by atoms with E-state index in [2.05, 4.69) is 0 Å². The molecule has 0 saturated carbocycles. The monoisotopic (exact) mass is 268 g/mol. The van der Waals surface area contributed by atoms with Crippen molar-refractivity contribution >= 4 is 22.9 Å². The first-order chi connectivity index (χ1) is 8.11. The number of aryl methyl sites for hydroxylation is 1. The highest BCUT2D eigenvalue weighted by atomic mass is 35.5. The maximum atomic E-state index is 10.3. The van der Waals surface area contributed by atoms with Crippen molar-refractivity contribution < 1.29 is 9.84 Å². The van der Waals surface area contributed by atoms with Gasteiger partial charge >= 0.3 is 0 Å². The zero-order valence-corrected chi connectivity index (χ0v) is 11.2. The summed E-state index contributed by atoms with van der Waals surface area (Å²) >= 11 is 7.26. The zero-order valence-electron chi connectivity index (χ0n) is 9.61. The summed E-state index contributed by atoms with van der Waals surface area (Å²) < 4.78 is 5.82. The van der Waals surface area contributed by atoms with Gasteiger partial charge in [0.1, 0.15) is 11.9 Å². The number of hydrogen-bond donors (Lipinski definition) is 1. The summed E-state index contributed by atoms with van der Waals surface area (Å²) in [5.41, 5.74) is 1.88. The zero-order chi connectivity index (χ0) is 12.4. The molecule has 0 bridgehead atoms. The molecule has 2 aromatic rings. The van der Waals surface area contributed by atoms with Gasteiger partial charge in [-0.1, -0.05) is 17.7 Å². The van der Waals surface area contributed by atoms with Crippen LogP contribution >= 0.6 is 22.9 Å². The molecule has 1 heterocycles. The number of benzene rings is 1. The Kier molecular flexibility index (Phi) is 3.72. The number of aliphatic hydroxyl groups is 1. The van der Waals surface area contributed by atoms with Gasteiger partial charge in [-0.15, -0.1) is 11.3 Å². The van der Waals surface area contributed by atoms with Crippen LogP contribution < -0.4 is 4.74 Å². The van der Waals surface area contributed by atoms with Gasteiger partial charge in [-0.3, -0.25) is 0 Å². The molecule has 0 radical (unpaired) electrons. The summed E-state index contributed by atoms with van der Waals surface area (Å²) in [7, 11) is 1.63. The molecule has 0 amide bonds. The first kappa shape index (κ1) is 12.4. The van der Waals surface area contributed by atoms with E-state index in [1.165, 1.54) is 11.3 Å². The highest BCUT2D eigenvalue weighted by molar-refractivity contribution is 7.16. The molecule has 90 valence electrons. The Hall–Kier alpha value is -1.03. The molecule has 1 aromatic carbocycles. The number of ether oxygens (including phenoxy) is 1. The molecule has 0 spiro atoms. The standard InChI is InChI=1S/C13H13ClO2S/c1-8-7-9(16-2)3-4-10(8)13(15)11-5-6-12(14)17-11/h3-7,13,15H,1-2H3. The third-order valence-corrected chi connectivity index (χ3v) is 3.92. The molecule has 2 rings (SSSR count). The lowest BCUT2D eigenvalue weighted by atomic mass is 10.0. The molecule has 0 saturated heterocycles. The fraction of sp³-hybridized carbons (Fsp3) is 0.231. The molecular weight excluding hydrogens is 256 g/mol. The van der Waals surface area contributed by atoms with Crippen LogP contribution in [0.3, 0.4) is 0 Å². The van der Waals surface area contributed by atoms with Crippen LogP contribution in [0.2, 0.25) is 4.34 Å². The van der Waals surface area contributed by atoms with Crippen molar-refractivity contribution in [1.82, 2.24) is 0 Å². The number of hydrogen-bond acceptors (Lipinski definition) is 3. The lowest BCUT2D eigenvalue weighted by molar-refractivity contribution is 0.223. The number of methoxy groups -OCH3 is 1. The van der Waals surface area contributed by atoms with Crippen molar-refractivity contribution in [2.24, 2.45) is 0 Å². The summed E-state index contributed by atoms with van der Waals surface area (Å²) in [4.78, 5) is 0.850. The molecule has 1 atom stereocenters. The van der Waals surface area contributed by atoms with E-state index in [0.29, 0.717) is 4.34 Å². The first-order valence-corrected chi connectivity index (χ1v) is 6.39. The molecule has 4 heteroatoms. The Bertz CT molecular complexity index is 522. The van der Waals surface area contributed by atoms with Crippen LogP contribution in [0.15, 0.2) is 30.3 Å². The molecule has 1 aromatic heterocycles. The molecule has 0 fully saturated rings. The van der Waals surface area contributed by atoms with Crippen molar-refractivity contribution in [3.63, 3.8) is 0 Å². The van der Waals surface area contributed by atoms with Gasteiger partial charge in [0.05, 0.1) is 11.4 Å². The lowest BCUT2D eigenvalue weighted by Gasteiger charge is -2.13. The van der Waals surface area contributed by atoms with Crippen molar-refractivity contribution in [2.75, 3.05) is 7.11 Å². The molecule has 1 N–H and O–H groups in total. The highest BCUT2D eigenvalue weighted by Crippen LogP contribution is 2.33. The van der Waals surface area contributed by atoms with Crippen LogP contribution in [0.4, 0.5) is 0 Å². The third-order valence-electron chi connectivity index (χ3n) is 2.64. The maximum Gasteiger partial charge on any atom is 0.119 e. The van der Waals surface area contributed by atoms with Gasteiger partial charge in [0.2, 0.25) is 0 Å². The number of aliphatic hydroxyl groups excluding tert-OH is 1. The minimum Gasteiger partial charge on any atom is -0.497 e. The van der Waals surface area contributed by atoms with E-state index >= 15 is 0 Å². The van der Waals surface area contributed by atoms with Gasteiger partial charge in [-0.05, 0) is 42.3 Å². The second-order valence-corrected chi connectivity index (χ2v) is 5.51. The summed E-state index contributed by atoms with van der Waals surface area (Å²) in [6.45, 7) is 1.95. The van der Waals surface area contributed by atoms with Gasteiger partial charge in [-0.25, -0.2) is 0 Å². The van der Waals surface area contributed by atoms with Gasteiger partial charge in [0.15, 0.2) is 0 Å². The van der Waals surface area contributed by atoms with Crippen molar-refractivity contribution in [3.05, 3.63) is 50.7 Å². The second-order valence-electron chi connectivity index (χ2n) is 3.77. The molecule has 1 unspecified atom stereocenters. The van der Waals surface area contributed by atoms with Crippen molar-refractivity contribution in [1.29, 1.82) is 0 Å². The first-order valence-electron chi connectivity index (χ1n) is 5.19. The minimum absolute atomic E-state index is 0.626. The summed E-state index contributed by atoms with van der Waals surface area (Å²) in [5, 5.41) is 10.3. The predicted molar refractivity (Wildman–Crippen MR) is 71.1 cm³/mol. The van der Waals surface area contributed by atoms with Gasteiger partial charge < -0.3 is 9.84 Å². The number of thiophene rings is 1. The van der Waals surface area contributed by atoms with E-state index in [0.717, 1.165) is 21.8 Å². The average Bonchev–Trinajstić information content (AvgIpc) is 2.75. The molecule has 0 aliphatic heterocycles. The van der Waals surface area contributed by atoms with E-state index in [1.807, 2.05) is 31.2 Å². The fourth-order valence-corrected chi connectivity index (χ4v) is 2.78. The van der Waals surface area contributed by atoms with Gasteiger partial charge in [0, 0.05) is 4.88 Å². The average molecular weight is 269 g/mol. The van der Waals surface area contributed by atoms with E-state index in [1.54, 1.807) is 13.2 Å². The Labute approximate surface area is 109 Å². The fourth-order valence-electron chi connectivity index (χ4n) is 1.71. The summed E-state index contributed by atoms with van der Waals surface area (Å²) in [5.74, 6) is 0.794. The molecule has 0 aliphatic carbocycles. The highest BCUT2D eigenvalue weighted by Gasteiger charge is 2.15. The SMILES string of the molecule is COc1ccc(C(O)c2ccc(Cl)s2)c(C)c1. The quantitative estimate of drug-likeness (QED) is 0.917. The molecule has 0 aliphatic rings. The molecule has 17 heavy (non-hydrogen) atoms. The predicted octanol–water partition coefficient (Wildman–Crippen LogP) is 3.80. The van der Waals surface area contributed by atoms with Gasteiger partial charge in [-0.2, -0.15) is 0 Å². The van der Waals surface area contributed by atoms with Crippen LogP contribution in [-0.4, -0.2) is 12.2 Å². The topological polar surface area (TPSA) is 29.5 Å². The Morgan fingerprint density at radius 1 is 1.29 bits per heavy atom. The third kappa shape index (κ3) is 2.63. The minimum atomic E-state index is -0.626. The van der Waals surface area contributed by atoms with Gasteiger partial charge in [0.25, 0.3) is 0 Å². The van der Waals surface area contributed by atoms with E-state index in [4.69, 9.17) is 16.3 Å². The summed E-state index contributed by atoms with van der Waals surface area (Å²) in [6.07, 6.45) is -0.626. The number of halogens is 1. The Balaban J connectivity index is 2.34. The molecular formula is C13H13ClO2S. The Morgan fingerprint density at radius 3 is 2.59 bits per heavy atom. The van der Waals surface area contributed by atoms with Crippen LogP contribution in [0, 0.1) is 6.92 Å². The normalized spacial score (nSPS) is 12.5. The Morgan fingerprint density at radius 2 is 2.06 bits per heavy atom. The number of rotatable bonds is 3. The smallest absolute Gasteiger partial charge is 0.119 e. The summed E-state index contributed by atoms with van der Waals surface area (Å²) in [6, 6.07) is 9.28. The lowest BCUT2D eigenvalue weighted by Crippen LogP contribution is -2.00. The van der Waals surface area contributed by atoms with Crippen LogP contribution in [0.1, 0.15) is 22.1 Å². The molecule has 2 nitrogen and oxygen atoms in total. The van der Waals surface area contributed by atoms with Crippen molar-refractivity contribution in [3.8, 4) is 5.75 Å². The van der Waals surface area contributed by atoms with Crippen molar-refractivity contribution in [2.45, 2.75) is 13.0 Å². The van der Waals surface area contributed by atoms with E-state index in [-0.39, 0.29) is 0 Å². The second kappa shape index (κ2) is 5.08. The maximum absolute atomic E-state index is 10.3. The van der Waals surface area contributed by atoms with Crippen LogP contribution in [0.5, 0.6) is 5.75 Å².